The number of allylic oxidation sites excluding steroid dienone is 13. The molecule has 10 heteroatoms. The van der Waals surface area contributed by atoms with Crippen LogP contribution in [0, 0.1) is 0 Å². The van der Waals surface area contributed by atoms with E-state index in [0.717, 1.165) is 103 Å². The number of rotatable bonds is 63. The monoisotopic (exact) mass is 1180 g/mol. The van der Waals surface area contributed by atoms with Crippen molar-refractivity contribution in [1.82, 2.24) is 5.32 Å². The Kier molecular flexibility index (Phi) is 60.1. The lowest BCUT2D eigenvalue weighted by Crippen LogP contribution is -2.47. The minimum Gasteiger partial charge on any atom is -0.756 e. The first kappa shape index (κ1) is 80.2. The number of nitrogens with one attached hydrogen (secondary N) is 1. The third kappa shape index (κ3) is 63.5. The number of quaternary nitrogens is 1. The molecule has 0 heterocycles. The molecule has 0 aromatic heterocycles. The van der Waals surface area contributed by atoms with Crippen molar-refractivity contribution in [1.29, 1.82) is 0 Å². The molecule has 0 rings (SSSR count). The lowest BCUT2D eigenvalue weighted by molar-refractivity contribution is -0.870. The highest BCUT2D eigenvalue weighted by Gasteiger charge is 2.27. The van der Waals surface area contributed by atoms with Crippen LogP contribution in [0.2, 0.25) is 0 Å². The van der Waals surface area contributed by atoms with Crippen molar-refractivity contribution >= 4 is 19.7 Å². The number of ether oxygens (including phenoxy) is 1. The van der Waals surface area contributed by atoms with Crippen molar-refractivity contribution in [3.05, 3.63) is 85.1 Å². The zero-order chi connectivity index (χ0) is 60.7. The molecule has 0 aliphatic carbocycles. The van der Waals surface area contributed by atoms with Crippen molar-refractivity contribution in [2.75, 3.05) is 40.9 Å². The zero-order valence-electron chi connectivity index (χ0n) is 55.1. The van der Waals surface area contributed by atoms with Crippen LogP contribution in [0.25, 0.3) is 0 Å². The van der Waals surface area contributed by atoms with Crippen LogP contribution < -0.4 is 10.2 Å². The molecule has 0 spiro atoms. The molecule has 0 aliphatic heterocycles. The van der Waals surface area contributed by atoms with Crippen LogP contribution in [0.4, 0.5) is 0 Å². The Morgan fingerprint density at radius 1 is 0.434 bits per heavy atom. The molecule has 0 saturated heterocycles. The summed E-state index contributed by atoms with van der Waals surface area (Å²) in [6.07, 6.45) is 82.7. The molecule has 0 aromatic carbocycles. The van der Waals surface area contributed by atoms with Gasteiger partial charge >= 0.3 is 5.97 Å². The first-order valence-corrected chi connectivity index (χ1v) is 36.4. The molecule has 0 fully saturated rings. The number of phosphoric acid groups is 1. The van der Waals surface area contributed by atoms with Gasteiger partial charge in [-0.15, -0.1) is 0 Å². The Hall–Kier alpha value is -2.81. The summed E-state index contributed by atoms with van der Waals surface area (Å²) in [5.74, 6) is -0.543. The SMILES string of the molecule is CC/C=C\C/C=C\C/C=C\C/C=C\C/C=C\CCCCCCCCCCCC(=O)OC(/C=C/CCCCCCCCCCC)C(COP(=O)([O-])OCC[N+](C)(C)C)NC(=O)CCCCCCCCCCCCC/C=C/CCCCCCCC. The van der Waals surface area contributed by atoms with Crippen molar-refractivity contribution in [2.45, 2.75) is 328 Å². The van der Waals surface area contributed by atoms with E-state index >= 15 is 0 Å². The van der Waals surface area contributed by atoms with Crippen molar-refractivity contribution in [3.8, 4) is 0 Å². The number of amides is 1. The molecule has 482 valence electrons. The summed E-state index contributed by atoms with van der Waals surface area (Å²) in [6.45, 7) is 6.74. The van der Waals surface area contributed by atoms with Crippen LogP contribution >= 0.6 is 7.82 Å². The molecule has 0 saturated carbocycles. The number of carbonyl (C=O) groups is 2. The highest BCUT2D eigenvalue weighted by Crippen LogP contribution is 2.38. The Morgan fingerprint density at radius 2 is 0.771 bits per heavy atom. The quantitative estimate of drug-likeness (QED) is 0.0212. The van der Waals surface area contributed by atoms with E-state index in [2.05, 4.69) is 99.0 Å². The van der Waals surface area contributed by atoms with E-state index in [0.29, 0.717) is 17.4 Å². The molecular weight excluding hydrogens is 1050 g/mol. The minimum atomic E-state index is -4.71. The molecule has 0 radical (unpaired) electrons. The van der Waals surface area contributed by atoms with Gasteiger partial charge in [-0.3, -0.25) is 14.2 Å². The van der Waals surface area contributed by atoms with Gasteiger partial charge in [0.05, 0.1) is 33.8 Å². The van der Waals surface area contributed by atoms with Gasteiger partial charge in [0.25, 0.3) is 7.82 Å². The summed E-state index contributed by atoms with van der Waals surface area (Å²) in [6, 6.07) is -0.895. The highest BCUT2D eigenvalue weighted by atomic mass is 31.2. The number of unbranched alkanes of at least 4 members (excludes halogenated alkanes) is 35. The Morgan fingerprint density at radius 3 is 1.17 bits per heavy atom. The van der Waals surface area contributed by atoms with Gasteiger partial charge in [-0.25, -0.2) is 0 Å². The van der Waals surface area contributed by atoms with Gasteiger partial charge in [0, 0.05) is 12.8 Å². The Balaban J connectivity index is 5.06. The fourth-order valence-corrected chi connectivity index (χ4v) is 10.7. The summed E-state index contributed by atoms with van der Waals surface area (Å²) in [7, 11) is 1.18. The van der Waals surface area contributed by atoms with Gasteiger partial charge in [0.2, 0.25) is 5.91 Å². The minimum absolute atomic E-state index is 0.0255. The predicted octanol–water partition coefficient (Wildman–Crippen LogP) is 21.5. The van der Waals surface area contributed by atoms with Crippen LogP contribution in [-0.2, 0) is 27.9 Å². The average molecular weight is 1180 g/mol. The van der Waals surface area contributed by atoms with Gasteiger partial charge in [0.1, 0.15) is 19.3 Å². The molecule has 3 atom stereocenters. The summed E-state index contributed by atoms with van der Waals surface area (Å²) < 4.78 is 30.4. The summed E-state index contributed by atoms with van der Waals surface area (Å²) in [5.41, 5.74) is 0. The largest absolute Gasteiger partial charge is 0.756 e. The maximum Gasteiger partial charge on any atom is 0.306 e. The first-order valence-electron chi connectivity index (χ1n) is 34.9. The third-order valence-corrected chi connectivity index (χ3v) is 16.3. The van der Waals surface area contributed by atoms with E-state index in [1.54, 1.807) is 0 Å². The molecule has 0 aromatic rings. The molecule has 3 unspecified atom stereocenters. The van der Waals surface area contributed by atoms with E-state index in [9.17, 15) is 19.0 Å². The molecule has 9 nitrogen and oxygen atoms in total. The standard InChI is InChI=1S/C73H133N2O7P/c1-7-10-13-16-19-22-25-27-29-31-33-35-36-37-38-40-42-44-46-48-51-54-57-60-63-66-73(77)82-71(64-61-58-55-52-49-24-21-18-15-12-9-3)70(69-81-83(78,79)80-68-67-75(4,5)6)74-72(76)65-62-59-56-53-50-47-45-43-41-39-34-32-30-28-26-23-20-17-14-11-8-2/h10,13,19,22,27-30,33,35,37-38,61,64,70-71H,7-9,11-12,14-18,20-21,23-26,31-32,34,36,39-60,62-63,65-69H2,1-6H3,(H-,74,76,78,79)/b13-10-,22-19-,29-27-,30-28+,35-33-,38-37-,64-61+. The maximum atomic E-state index is 13.6. The van der Waals surface area contributed by atoms with E-state index in [1.165, 1.54) is 180 Å². The smallest absolute Gasteiger partial charge is 0.306 e. The summed E-state index contributed by atoms with van der Waals surface area (Å²) in [5, 5.41) is 3.04. The number of nitrogens with zero attached hydrogens (tertiary/aromatic N) is 1. The second kappa shape index (κ2) is 62.2. The fourth-order valence-electron chi connectivity index (χ4n) is 9.96. The molecule has 1 N–H and O–H groups in total. The molecule has 0 aliphatic rings. The van der Waals surface area contributed by atoms with Gasteiger partial charge < -0.3 is 28.5 Å². The number of phosphoric ester groups is 1. The maximum absolute atomic E-state index is 13.6. The summed E-state index contributed by atoms with van der Waals surface area (Å²) >= 11 is 0. The van der Waals surface area contributed by atoms with Crippen LogP contribution in [0.3, 0.4) is 0 Å². The predicted molar refractivity (Wildman–Crippen MR) is 358 cm³/mol. The molecular formula is C73H133N2O7P. The van der Waals surface area contributed by atoms with Crippen molar-refractivity contribution in [3.63, 3.8) is 0 Å². The first-order chi connectivity index (χ1) is 40.4. The van der Waals surface area contributed by atoms with Crippen LogP contribution in [0.15, 0.2) is 85.1 Å². The van der Waals surface area contributed by atoms with Gasteiger partial charge in [-0.2, -0.15) is 0 Å². The molecule has 83 heavy (non-hydrogen) atoms. The summed E-state index contributed by atoms with van der Waals surface area (Å²) in [4.78, 5) is 40.1. The van der Waals surface area contributed by atoms with Gasteiger partial charge in [-0.1, -0.05) is 286 Å². The average Bonchev–Trinajstić information content (AvgIpc) is 3.51. The number of hydrogen-bond donors (Lipinski definition) is 1. The van der Waals surface area contributed by atoms with Crippen molar-refractivity contribution in [2.24, 2.45) is 0 Å². The molecule has 0 bridgehead atoms. The number of hydrogen-bond acceptors (Lipinski definition) is 7. The lowest BCUT2D eigenvalue weighted by Gasteiger charge is -2.30. The van der Waals surface area contributed by atoms with Crippen molar-refractivity contribution < 1.29 is 37.3 Å². The van der Waals surface area contributed by atoms with Gasteiger partial charge in [0.15, 0.2) is 0 Å². The third-order valence-electron chi connectivity index (χ3n) is 15.3. The Bertz CT molecular complexity index is 1700. The number of carbonyl (C=O) groups excluding carboxylic acids is 2. The normalized spacial score (nSPS) is 14.1. The van der Waals surface area contributed by atoms with E-state index < -0.39 is 26.6 Å². The molecule has 1 amide bonds. The Labute approximate surface area is 514 Å². The lowest BCUT2D eigenvalue weighted by atomic mass is 10.0. The second-order valence-electron chi connectivity index (χ2n) is 24.6. The fraction of sp³-hybridized carbons (Fsp3) is 0.781. The second-order valence-corrected chi connectivity index (χ2v) is 26.1. The number of likely N-dealkylation sites (N-methyl/N-ethyl adjacent to an activating group) is 1. The zero-order valence-corrected chi connectivity index (χ0v) is 56.0. The van der Waals surface area contributed by atoms with Crippen LogP contribution in [0.1, 0.15) is 316 Å². The van der Waals surface area contributed by atoms with Crippen LogP contribution in [0.5, 0.6) is 0 Å². The van der Waals surface area contributed by atoms with E-state index in [1.807, 2.05) is 33.3 Å². The topological polar surface area (TPSA) is 114 Å². The van der Waals surface area contributed by atoms with E-state index in [4.69, 9.17) is 13.8 Å². The number of esters is 1. The van der Waals surface area contributed by atoms with E-state index in [-0.39, 0.29) is 24.9 Å². The van der Waals surface area contributed by atoms with Gasteiger partial charge in [-0.05, 0) is 102 Å². The highest BCUT2D eigenvalue weighted by molar-refractivity contribution is 7.45. The van der Waals surface area contributed by atoms with Crippen LogP contribution in [-0.4, -0.2) is 69.4 Å².